The molecule has 0 spiro atoms. The third-order valence-corrected chi connectivity index (χ3v) is 3.24. The van der Waals surface area contributed by atoms with Gasteiger partial charge in [-0.05, 0) is 30.3 Å². The molecule has 0 radical (unpaired) electrons. The Morgan fingerprint density at radius 1 is 1.14 bits per heavy atom. The summed E-state index contributed by atoms with van der Waals surface area (Å²) in [6.07, 6.45) is 0. The van der Waals surface area contributed by atoms with E-state index in [0.29, 0.717) is 33.5 Å². The van der Waals surface area contributed by atoms with E-state index in [1.165, 1.54) is 14.2 Å². The van der Waals surface area contributed by atoms with Crippen molar-refractivity contribution in [1.29, 1.82) is 0 Å². The van der Waals surface area contributed by atoms with Crippen LogP contribution in [0.5, 0.6) is 11.5 Å². The summed E-state index contributed by atoms with van der Waals surface area (Å²) in [6, 6.07) is 9.99. The maximum atomic E-state index is 12.4. The first-order valence-electron chi connectivity index (χ1n) is 6.14. The minimum absolute atomic E-state index is 0.315. The molecule has 0 aliphatic heterocycles. The van der Waals surface area contributed by atoms with Crippen LogP contribution in [-0.4, -0.2) is 20.1 Å². The number of nitrogens with two attached hydrogens (primary N) is 1. The summed E-state index contributed by atoms with van der Waals surface area (Å²) in [7, 11) is 2.98. The largest absolute Gasteiger partial charge is 0.496 e. The predicted octanol–water partition coefficient (Wildman–Crippen LogP) is 3.19. The maximum Gasteiger partial charge on any atom is 0.263 e. The van der Waals surface area contributed by atoms with Crippen molar-refractivity contribution >= 4 is 28.9 Å². The molecular formula is C15H15ClN2O3. The first kappa shape index (κ1) is 15.0. The Balaban J connectivity index is 2.34. The van der Waals surface area contributed by atoms with Crippen LogP contribution >= 0.6 is 11.6 Å². The van der Waals surface area contributed by atoms with Crippen LogP contribution in [-0.2, 0) is 0 Å². The normalized spacial score (nSPS) is 10.0. The van der Waals surface area contributed by atoms with Gasteiger partial charge in [0.2, 0.25) is 0 Å². The highest BCUT2D eigenvalue weighted by Crippen LogP contribution is 2.30. The molecule has 3 N–H and O–H groups in total. The summed E-state index contributed by atoms with van der Waals surface area (Å²) >= 11 is 5.93. The number of carbonyl (C=O) groups is 1. The van der Waals surface area contributed by atoms with E-state index >= 15 is 0 Å². The average Bonchev–Trinajstić information content (AvgIpc) is 2.49. The van der Waals surface area contributed by atoms with Gasteiger partial charge in [0.15, 0.2) is 0 Å². The zero-order valence-electron chi connectivity index (χ0n) is 11.6. The van der Waals surface area contributed by atoms with Gasteiger partial charge in [-0.25, -0.2) is 0 Å². The number of amides is 1. The molecule has 2 aromatic rings. The number of ether oxygens (including phenoxy) is 2. The standard InChI is InChI=1S/C15H15ClN2O3/c1-20-12-4-3-5-13(21-2)14(12)15(19)18-9-6-7-11(17)10(16)8-9/h3-8H,17H2,1-2H3,(H,18,19). The van der Waals surface area contributed by atoms with Crippen LogP contribution in [0.25, 0.3) is 0 Å². The van der Waals surface area contributed by atoms with Crippen LogP contribution in [0.4, 0.5) is 11.4 Å². The molecule has 0 saturated heterocycles. The van der Waals surface area contributed by atoms with Crippen molar-refractivity contribution in [1.82, 2.24) is 0 Å². The highest BCUT2D eigenvalue weighted by Gasteiger charge is 2.18. The van der Waals surface area contributed by atoms with Crippen molar-refractivity contribution in [2.45, 2.75) is 0 Å². The van der Waals surface area contributed by atoms with Gasteiger partial charge in [0.1, 0.15) is 17.1 Å². The van der Waals surface area contributed by atoms with Crippen LogP contribution < -0.4 is 20.5 Å². The number of carbonyl (C=O) groups excluding carboxylic acids is 1. The van der Waals surface area contributed by atoms with Crippen molar-refractivity contribution in [3.05, 3.63) is 47.0 Å². The predicted molar refractivity (Wildman–Crippen MR) is 83.4 cm³/mol. The third kappa shape index (κ3) is 3.20. The monoisotopic (exact) mass is 306 g/mol. The van der Waals surface area contributed by atoms with Gasteiger partial charge in [0, 0.05) is 5.69 Å². The molecule has 0 fully saturated rings. The smallest absolute Gasteiger partial charge is 0.263 e. The Morgan fingerprint density at radius 3 is 2.29 bits per heavy atom. The summed E-state index contributed by atoms with van der Waals surface area (Å²) in [6.45, 7) is 0. The Labute approximate surface area is 127 Å². The average molecular weight is 307 g/mol. The minimum atomic E-state index is -0.356. The quantitative estimate of drug-likeness (QED) is 0.851. The van der Waals surface area contributed by atoms with E-state index in [4.69, 9.17) is 26.8 Å². The number of nitrogen functional groups attached to an aromatic ring is 1. The first-order valence-corrected chi connectivity index (χ1v) is 6.52. The van der Waals surface area contributed by atoms with Gasteiger partial charge in [-0.1, -0.05) is 17.7 Å². The molecule has 21 heavy (non-hydrogen) atoms. The van der Waals surface area contributed by atoms with Gasteiger partial charge < -0.3 is 20.5 Å². The molecular weight excluding hydrogens is 292 g/mol. The molecule has 6 heteroatoms. The lowest BCUT2D eigenvalue weighted by molar-refractivity contribution is 0.102. The lowest BCUT2D eigenvalue weighted by Gasteiger charge is -2.13. The summed E-state index contributed by atoms with van der Waals surface area (Å²) in [5.74, 6) is 0.493. The van der Waals surface area contributed by atoms with E-state index in [9.17, 15) is 4.79 Å². The Bertz CT molecular complexity index is 652. The van der Waals surface area contributed by atoms with Gasteiger partial charge in [-0.2, -0.15) is 0 Å². The molecule has 0 bridgehead atoms. The summed E-state index contributed by atoms with van der Waals surface area (Å²) in [5, 5.41) is 3.11. The molecule has 0 aliphatic rings. The number of benzene rings is 2. The molecule has 2 rings (SSSR count). The van der Waals surface area contributed by atoms with Gasteiger partial charge >= 0.3 is 0 Å². The molecule has 1 amide bonds. The fourth-order valence-electron chi connectivity index (χ4n) is 1.87. The second-order valence-electron chi connectivity index (χ2n) is 4.23. The topological polar surface area (TPSA) is 73.6 Å². The van der Waals surface area contributed by atoms with Gasteiger partial charge in [0.05, 0.1) is 24.9 Å². The van der Waals surface area contributed by atoms with Gasteiger partial charge in [-0.15, -0.1) is 0 Å². The van der Waals surface area contributed by atoms with Crippen LogP contribution in [0.15, 0.2) is 36.4 Å². The summed E-state index contributed by atoms with van der Waals surface area (Å²) in [5.41, 5.74) is 6.94. The second-order valence-corrected chi connectivity index (χ2v) is 4.64. The maximum absolute atomic E-state index is 12.4. The van der Waals surface area contributed by atoms with Crippen molar-refractivity contribution in [2.24, 2.45) is 0 Å². The van der Waals surface area contributed by atoms with Gasteiger partial charge in [-0.3, -0.25) is 4.79 Å². The van der Waals surface area contributed by atoms with E-state index in [0.717, 1.165) is 0 Å². The number of nitrogens with one attached hydrogen (secondary N) is 1. The number of hydrogen-bond donors (Lipinski definition) is 2. The van der Waals surface area contributed by atoms with E-state index in [1.54, 1.807) is 36.4 Å². The highest BCUT2D eigenvalue weighted by molar-refractivity contribution is 6.33. The molecule has 2 aromatic carbocycles. The molecule has 5 nitrogen and oxygen atoms in total. The lowest BCUT2D eigenvalue weighted by atomic mass is 10.1. The van der Waals surface area contributed by atoms with Crippen LogP contribution in [0, 0.1) is 0 Å². The van der Waals surface area contributed by atoms with Crippen LogP contribution in [0.2, 0.25) is 5.02 Å². The second kappa shape index (κ2) is 6.37. The number of methoxy groups -OCH3 is 2. The number of hydrogen-bond acceptors (Lipinski definition) is 4. The van der Waals surface area contributed by atoms with E-state index in [2.05, 4.69) is 5.32 Å². The molecule has 0 aromatic heterocycles. The Morgan fingerprint density at radius 2 is 1.76 bits per heavy atom. The molecule has 0 unspecified atom stereocenters. The van der Waals surface area contributed by atoms with Crippen LogP contribution in [0.1, 0.15) is 10.4 Å². The van der Waals surface area contributed by atoms with Crippen molar-refractivity contribution in [2.75, 3.05) is 25.3 Å². The van der Waals surface area contributed by atoms with Crippen LogP contribution in [0.3, 0.4) is 0 Å². The SMILES string of the molecule is COc1cccc(OC)c1C(=O)Nc1ccc(N)c(Cl)c1. The molecule has 0 heterocycles. The zero-order chi connectivity index (χ0) is 15.4. The fourth-order valence-corrected chi connectivity index (χ4v) is 2.05. The summed E-state index contributed by atoms with van der Waals surface area (Å²) < 4.78 is 10.4. The fraction of sp³-hybridized carbons (Fsp3) is 0.133. The molecule has 0 saturated carbocycles. The minimum Gasteiger partial charge on any atom is -0.496 e. The van der Waals surface area contributed by atoms with E-state index in [-0.39, 0.29) is 5.91 Å². The van der Waals surface area contributed by atoms with Crippen molar-refractivity contribution in [3.63, 3.8) is 0 Å². The Hall–Kier alpha value is -2.40. The van der Waals surface area contributed by atoms with E-state index in [1.807, 2.05) is 0 Å². The van der Waals surface area contributed by atoms with Gasteiger partial charge in [0.25, 0.3) is 5.91 Å². The lowest BCUT2D eigenvalue weighted by Crippen LogP contribution is -2.14. The molecule has 0 aliphatic carbocycles. The number of rotatable bonds is 4. The summed E-state index contributed by atoms with van der Waals surface area (Å²) in [4.78, 5) is 12.4. The number of halogens is 1. The third-order valence-electron chi connectivity index (χ3n) is 2.91. The van der Waals surface area contributed by atoms with E-state index < -0.39 is 0 Å². The number of anilines is 2. The molecule has 110 valence electrons. The first-order chi connectivity index (χ1) is 10.1. The zero-order valence-corrected chi connectivity index (χ0v) is 12.4. The van der Waals surface area contributed by atoms with Crippen molar-refractivity contribution in [3.8, 4) is 11.5 Å². The highest BCUT2D eigenvalue weighted by atomic mass is 35.5. The van der Waals surface area contributed by atoms with Crippen molar-refractivity contribution < 1.29 is 14.3 Å². The molecule has 0 atom stereocenters. The Kier molecular flexibility index (Phi) is 4.55.